The van der Waals surface area contributed by atoms with Crippen molar-refractivity contribution in [2.24, 2.45) is 11.8 Å². The topological polar surface area (TPSA) is 20.2 Å². The summed E-state index contributed by atoms with van der Waals surface area (Å²) < 4.78 is 1.07. The molecule has 1 fully saturated rings. The van der Waals surface area contributed by atoms with Crippen molar-refractivity contribution in [3.63, 3.8) is 0 Å². The van der Waals surface area contributed by atoms with Crippen LogP contribution < -0.4 is 0 Å². The molecule has 0 aliphatic heterocycles. The molecule has 1 heterocycles. The quantitative estimate of drug-likeness (QED) is 0.857. The summed E-state index contributed by atoms with van der Waals surface area (Å²) in [6.45, 7) is 2.31. The second-order valence-corrected chi connectivity index (χ2v) is 6.24. The van der Waals surface area contributed by atoms with Gasteiger partial charge in [-0.25, -0.2) is 0 Å². The van der Waals surface area contributed by atoms with Crippen LogP contribution in [0.3, 0.4) is 0 Å². The number of thiophene rings is 1. The Morgan fingerprint density at radius 2 is 2.00 bits per heavy atom. The first-order valence-electron chi connectivity index (χ1n) is 5.58. The van der Waals surface area contributed by atoms with E-state index in [1.807, 2.05) is 5.38 Å². The summed E-state index contributed by atoms with van der Waals surface area (Å²) in [5.74, 6) is 1.31. The van der Waals surface area contributed by atoms with Crippen molar-refractivity contribution in [1.82, 2.24) is 0 Å². The summed E-state index contributed by atoms with van der Waals surface area (Å²) >= 11 is 5.15. The number of aliphatic hydroxyl groups excluding tert-OH is 1. The fourth-order valence-electron chi connectivity index (χ4n) is 2.36. The molecule has 3 heteroatoms. The van der Waals surface area contributed by atoms with E-state index in [0.717, 1.165) is 16.0 Å². The Bertz CT molecular complexity index is 315. The molecule has 1 N–H and O–H groups in total. The number of halogens is 1. The van der Waals surface area contributed by atoms with E-state index in [0.29, 0.717) is 5.92 Å². The minimum atomic E-state index is -0.266. The third-order valence-electron chi connectivity index (χ3n) is 3.47. The van der Waals surface area contributed by atoms with Crippen LogP contribution in [0.1, 0.15) is 44.3 Å². The lowest BCUT2D eigenvalue weighted by Gasteiger charge is -2.29. The standard InChI is InChI=1S/C12H17BrOS/c1-8-2-4-9(5-3-8)12(14)10-6-15-7-11(10)13/h6-9,12,14H,2-5H2,1H3. The van der Waals surface area contributed by atoms with Crippen molar-refractivity contribution in [1.29, 1.82) is 0 Å². The van der Waals surface area contributed by atoms with E-state index in [2.05, 4.69) is 28.2 Å². The van der Waals surface area contributed by atoms with E-state index in [4.69, 9.17) is 0 Å². The van der Waals surface area contributed by atoms with E-state index in [9.17, 15) is 5.11 Å². The van der Waals surface area contributed by atoms with Crippen LogP contribution in [-0.2, 0) is 0 Å². The zero-order valence-electron chi connectivity index (χ0n) is 8.95. The highest BCUT2D eigenvalue weighted by Crippen LogP contribution is 2.39. The van der Waals surface area contributed by atoms with Gasteiger partial charge in [0.25, 0.3) is 0 Å². The molecule has 15 heavy (non-hydrogen) atoms. The SMILES string of the molecule is CC1CCC(C(O)c2cscc2Br)CC1. The first-order valence-corrected chi connectivity index (χ1v) is 7.31. The lowest BCUT2D eigenvalue weighted by atomic mass is 9.79. The first-order chi connectivity index (χ1) is 7.18. The molecule has 84 valence electrons. The van der Waals surface area contributed by atoms with Crippen LogP contribution in [0.15, 0.2) is 15.2 Å². The Hall–Kier alpha value is 0.140. The third-order valence-corrected chi connectivity index (χ3v) is 5.22. The minimum absolute atomic E-state index is 0.266. The maximum atomic E-state index is 10.3. The summed E-state index contributed by atoms with van der Waals surface area (Å²) in [7, 11) is 0. The molecule has 0 aromatic carbocycles. The van der Waals surface area contributed by atoms with E-state index in [-0.39, 0.29) is 6.10 Å². The van der Waals surface area contributed by atoms with E-state index in [1.54, 1.807) is 11.3 Å². The van der Waals surface area contributed by atoms with Gasteiger partial charge in [-0.15, -0.1) is 0 Å². The van der Waals surface area contributed by atoms with Gasteiger partial charge in [-0.05, 0) is 46.0 Å². The van der Waals surface area contributed by atoms with Crippen molar-refractivity contribution < 1.29 is 5.11 Å². The smallest absolute Gasteiger partial charge is 0.0837 e. The molecule has 1 unspecified atom stereocenters. The van der Waals surface area contributed by atoms with Crippen LogP contribution in [0, 0.1) is 11.8 Å². The van der Waals surface area contributed by atoms with Gasteiger partial charge in [-0.3, -0.25) is 0 Å². The third kappa shape index (κ3) is 2.63. The highest BCUT2D eigenvalue weighted by Gasteiger charge is 2.27. The fourth-order valence-corrected chi connectivity index (χ4v) is 3.92. The van der Waals surface area contributed by atoms with Crippen molar-refractivity contribution in [3.05, 3.63) is 20.8 Å². The number of hydrogen-bond acceptors (Lipinski definition) is 2. The number of hydrogen-bond donors (Lipinski definition) is 1. The van der Waals surface area contributed by atoms with Gasteiger partial charge in [0, 0.05) is 15.4 Å². The fraction of sp³-hybridized carbons (Fsp3) is 0.667. The van der Waals surface area contributed by atoms with Crippen LogP contribution in [0.2, 0.25) is 0 Å². The van der Waals surface area contributed by atoms with Crippen molar-refractivity contribution in [2.45, 2.75) is 38.7 Å². The molecular weight excluding hydrogens is 272 g/mol. The normalized spacial score (nSPS) is 29.0. The molecule has 0 bridgehead atoms. The summed E-state index contributed by atoms with van der Waals surface area (Å²) in [6.07, 6.45) is 4.61. The predicted octanol–water partition coefficient (Wildman–Crippen LogP) is 4.37. The summed E-state index contributed by atoms with van der Waals surface area (Å²) in [6, 6.07) is 0. The molecule has 1 aromatic heterocycles. The summed E-state index contributed by atoms with van der Waals surface area (Å²) in [4.78, 5) is 0. The average Bonchev–Trinajstić information content (AvgIpc) is 2.65. The molecule has 1 nitrogen and oxygen atoms in total. The second-order valence-electron chi connectivity index (χ2n) is 4.64. The van der Waals surface area contributed by atoms with E-state index >= 15 is 0 Å². The van der Waals surface area contributed by atoms with Gasteiger partial charge in [-0.1, -0.05) is 19.8 Å². The molecule has 1 aliphatic carbocycles. The molecule has 0 radical (unpaired) electrons. The lowest BCUT2D eigenvalue weighted by molar-refractivity contribution is 0.0754. The summed E-state index contributed by atoms with van der Waals surface area (Å²) in [5.41, 5.74) is 1.08. The zero-order valence-corrected chi connectivity index (χ0v) is 11.4. The molecule has 1 saturated carbocycles. The van der Waals surface area contributed by atoms with E-state index < -0.39 is 0 Å². The maximum Gasteiger partial charge on any atom is 0.0837 e. The Kier molecular flexibility index (Phi) is 3.86. The van der Waals surface area contributed by atoms with Gasteiger partial charge in [0.1, 0.15) is 0 Å². The van der Waals surface area contributed by atoms with Gasteiger partial charge in [0.2, 0.25) is 0 Å². The molecule has 0 amide bonds. The molecule has 2 rings (SSSR count). The molecule has 0 saturated heterocycles. The van der Waals surface area contributed by atoms with Crippen LogP contribution in [-0.4, -0.2) is 5.11 Å². The predicted molar refractivity (Wildman–Crippen MR) is 68.1 cm³/mol. The highest BCUT2D eigenvalue weighted by atomic mass is 79.9. The largest absolute Gasteiger partial charge is 0.388 e. The highest BCUT2D eigenvalue weighted by molar-refractivity contribution is 9.10. The number of rotatable bonds is 2. The average molecular weight is 289 g/mol. The monoisotopic (exact) mass is 288 g/mol. The number of aliphatic hydroxyl groups is 1. The van der Waals surface area contributed by atoms with E-state index in [1.165, 1.54) is 25.7 Å². The first kappa shape index (κ1) is 11.6. The Labute approximate surface area is 104 Å². The van der Waals surface area contributed by atoms with Crippen LogP contribution in [0.25, 0.3) is 0 Å². The summed E-state index contributed by atoms with van der Waals surface area (Å²) in [5, 5.41) is 14.4. The van der Waals surface area contributed by atoms with Crippen LogP contribution in [0.5, 0.6) is 0 Å². The molecule has 1 atom stereocenters. The van der Waals surface area contributed by atoms with Gasteiger partial charge >= 0.3 is 0 Å². The van der Waals surface area contributed by atoms with Gasteiger partial charge in [-0.2, -0.15) is 11.3 Å². The van der Waals surface area contributed by atoms with Gasteiger partial charge in [0.15, 0.2) is 0 Å². The second kappa shape index (κ2) is 4.98. The molecule has 1 aromatic rings. The molecular formula is C12H17BrOS. The molecule has 0 spiro atoms. The Morgan fingerprint density at radius 3 is 2.53 bits per heavy atom. The van der Waals surface area contributed by atoms with Crippen LogP contribution >= 0.6 is 27.3 Å². The minimum Gasteiger partial charge on any atom is -0.388 e. The van der Waals surface area contributed by atoms with Gasteiger partial charge < -0.3 is 5.11 Å². The maximum absolute atomic E-state index is 10.3. The van der Waals surface area contributed by atoms with Crippen molar-refractivity contribution in [3.8, 4) is 0 Å². The lowest BCUT2D eigenvalue weighted by Crippen LogP contribution is -2.19. The Morgan fingerprint density at radius 1 is 1.33 bits per heavy atom. The molecule has 1 aliphatic rings. The van der Waals surface area contributed by atoms with Crippen molar-refractivity contribution >= 4 is 27.3 Å². The van der Waals surface area contributed by atoms with Crippen LogP contribution in [0.4, 0.5) is 0 Å². The van der Waals surface area contributed by atoms with Crippen molar-refractivity contribution in [2.75, 3.05) is 0 Å². The zero-order chi connectivity index (χ0) is 10.8. The Balaban J connectivity index is 2.02. The van der Waals surface area contributed by atoms with Gasteiger partial charge in [0.05, 0.1) is 6.10 Å².